The first-order valence-electron chi connectivity index (χ1n) is 7.56. The highest BCUT2D eigenvalue weighted by Crippen LogP contribution is 2.22. The molecule has 0 bridgehead atoms. The lowest BCUT2D eigenvalue weighted by atomic mass is 10.1. The number of benzene rings is 2. The number of rotatable bonds is 5. The van der Waals surface area contributed by atoms with Crippen LogP contribution in [0.15, 0.2) is 48.5 Å². The Balaban J connectivity index is 2.32. The molecule has 24 heavy (non-hydrogen) atoms. The van der Waals surface area contributed by atoms with Crippen LogP contribution in [0.5, 0.6) is 0 Å². The molecule has 0 aliphatic heterocycles. The lowest BCUT2D eigenvalue weighted by molar-refractivity contribution is -0.116. The van der Waals surface area contributed by atoms with E-state index in [-0.39, 0.29) is 12.5 Å². The Kier molecular flexibility index (Phi) is 5.29. The molecule has 0 N–H and O–H groups in total. The standard InChI is InChI=1S/C18H22N2O3S/c1-14-10-15(2)12-17(11-14)20(24(4,22)23)13-18(21)19(3)16-8-6-5-7-9-16/h5-12H,13H2,1-4H3. The minimum Gasteiger partial charge on any atom is -0.314 e. The van der Waals surface area contributed by atoms with Gasteiger partial charge < -0.3 is 4.90 Å². The van der Waals surface area contributed by atoms with Crippen molar-refractivity contribution in [3.8, 4) is 0 Å². The number of anilines is 2. The zero-order valence-electron chi connectivity index (χ0n) is 14.4. The van der Waals surface area contributed by atoms with Gasteiger partial charge in [-0.25, -0.2) is 8.42 Å². The van der Waals surface area contributed by atoms with Crippen LogP contribution in [0.3, 0.4) is 0 Å². The third-order valence-corrected chi connectivity index (χ3v) is 4.83. The molecule has 2 rings (SSSR count). The van der Waals surface area contributed by atoms with Gasteiger partial charge in [0, 0.05) is 12.7 Å². The predicted octanol–water partition coefficient (Wildman–Crippen LogP) is 2.73. The summed E-state index contributed by atoms with van der Waals surface area (Å²) >= 11 is 0. The molecular formula is C18H22N2O3S. The lowest BCUT2D eigenvalue weighted by Crippen LogP contribution is -2.41. The normalized spacial score (nSPS) is 11.2. The van der Waals surface area contributed by atoms with E-state index < -0.39 is 10.0 Å². The highest BCUT2D eigenvalue weighted by atomic mass is 32.2. The number of carbonyl (C=O) groups is 1. The monoisotopic (exact) mass is 346 g/mol. The highest BCUT2D eigenvalue weighted by Gasteiger charge is 2.23. The van der Waals surface area contributed by atoms with Gasteiger partial charge in [0.2, 0.25) is 15.9 Å². The van der Waals surface area contributed by atoms with Crippen LogP contribution in [-0.4, -0.2) is 34.2 Å². The summed E-state index contributed by atoms with van der Waals surface area (Å²) in [5.41, 5.74) is 3.12. The first kappa shape index (κ1) is 18.0. The van der Waals surface area contributed by atoms with Crippen molar-refractivity contribution in [2.75, 3.05) is 29.1 Å². The molecule has 6 heteroatoms. The summed E-state index contributed by atoms with van der Waals surface area (Å²) in [6, 6.07) is 14.6. The molecule has 2 aromatic rings. The molecule has 0 saturated heterocycles. The molecule has 1 amide bonds. The molecule has 0 spiro atoms. The SMILES string of the molecule is Cc1cc(C)cc(N(CC(=O)N(C)c2ccccc2)S(C)(=O)=O)c1. The number of sulfonamides is 1. The Hall–Kier alpha value is -2.34. The highest BCUT2D eigenvalue weighted by molar-refractivity contribution is 7.92. The molecule has 2 aromatic carbocycles. The average Bonchev–Trinajstić information content (AvgIpc) is 2.50. The Bertz CT molecular complexity index is 812. The van der Waals surface area contributed by atoms with Crippen LogP contribution in [-0.2, 0) is 14.8 Å². The van der Waals surface area contributed by atoms with Crippen LogP contribution in [0.4, 0.5) is 11.4 Å². The second kappa shape index (κ2) is 7.05. The minimum atomic E-state index is -3.58. The van der Waals surface area contributed by atoms with Crippen LogP contribution >= 0.6 is 0 Å². The summed E-state index contributed by atoms with van der Waals surface area (Å²) in [4.78, 5) is 14.0. The zero-order valence-corrected chi connectivity index (χ0v) is 15.2. The van der Waals surface area contributed by atoms with Crippen molar-refractivity contribution in [3.05, 3.63) is 59.7 Å². The molecule has 0 aliphatic carbocycles. The Morgan fingerprint density at radius 1 is 0.958 bits per heavy atom. The van der Waals surface area contributed by atoms with Crippen molar-refractivity contribution in [2.24, 2.45) is 0 Å². The predicted molar refractivity (Wildman–Crippen MR) is 98.0 cm³/mol. The number of para-hydroxylation sites is 1. The summed E-state index contributed by atoms with van der Waals surface area (Å²) < 4.78 is 25.6. The second-order valence-corrected chi connectivity index (χ2v) is 7.81. The quantitative estimate of drug-likeness (QED) is 0.836. The number of aryl methyl sites for hydroxylation is 2. The molecule has 0 fully saturated rings. The molecule has 0 aromatic heterocycles. The van der Waals surface area contributed by atoms with Crippen molar-refractivity contribution in [1.82, 2.24) is 0 Å². The number of likely N-dealkylation sites (N-methyl/N-ethyl adjacent to an activating group) is 1. The largest absolute Gasteiger partial charge is 0.314 e. The van der Waals surface area contributed by atoms with Crippen molar-refractivity contribution in [3.63, 3.8) is 0 Å². The van der Waals surface area contributed by atoms with E-state index in [4.69, 9.17) is 0 Å². The van der Waals surface area contributed by atoms with Crippen molar-refractivity contribution < 1.29 is 13.2 Å². The van der Waals surface area contributed by atoms with E-state index in [1.165, 1.54) is 4.90 Å². The van der Waals surface area contributed by atoms with Gasteiger partial charge in [0.15, 0.2) is 0 Å². The van der Waals surface area contributed by atoms with E-state index in [1.807, 2.05) is 38.1 Å². The van der Waals surface area contributed by atoms with E-state index in [9.17, 15) is 13.2 Å². The second-order valence-electron chi connectivity index (χ2n) is 5.90. The van der Waals surface area contributed by atoms with E-state index >= 15 is 0 Å². The first-order valence-corrected chi connectivity index (χ1v) is 9.41. The summed E-state index contributed by atoms with van der Waals surface area (Å²) in [7, 11) is -1.94. The van der Waals surface area contributed by atoms with Crippen molar-refractivity contribution in [2.45, 2.75) is 13.8 Å². The van der Waals surface area contributed by atoms with Gasteiger partial charge in [-0.1, -0.05) is 24.3 Å². The molecule has 128 valence electrons. The first-order chi connectivity index (χ1) is 11.2. The van der Waals surface area contributed by atoms with Crippen LogP contribution in [0, 0.1) is 13.8 Å². The van der Waals surface area contributed by atoms with Gasteiger partial charge in [0.1, 0.15) is 6.54 Å². The summed E-state index contributed by atoms with van der Waals surface area (Å²) in [6.07, 6.45) is 1.11. The van der Waals surface area contributed by atoms with E-state index in [2.05, 4.69) is 0 Å². The maximum absolute atomic E-state index is 12.6. The smallest absolute Gasteiger partial charge is 0.247 e. The number of nitrogens with zero attached hydrogens (tertiary/aromatic N) is 2. The molecular weight excluding hydrogens is 324 g/mol. The van der Waals surface area contributed by atoms with Gasteiger partial charge >= 0.3 is 0 Å². The third kappa shape index (κ3) is 4.35. The molecule has 5 nitrogen and oxygen atoms in total. The van der Waals surface area contributed by atoms with Gasteiger partial charge in [-0.3, -0.25) is 9.10 Å². The van der Waals surface area contributed by atoms with Crippen molar-refractivity contribution in [1.29, 1.82) is 0 Å². The fourth-order valence-electron chi connectivity index (χ4n) is 2.52. The molecule has 0 aliphatic rings. The molecule has 0 radical (unpaired) electrons. The van der Waals surface area contributed by atoms with Crippen LogP contribution in [0.2, 0.25) is 0 Å². The fraction of sp³-hybridized carbons (Fsp3) is 0.278. The number of hydrogen-bond acceptors (Lipinski definition) is 3. The van der Waals surface area contributed by atoms with E-state index in [1.54, 1.807) is 31.3 Å². The summed E-state index contributed by atoms with van der Waals surface area (Å²) in [6.45, 7) is 3.55. The van der Waals surface area contributed by atoms with Gasteiger partial charge in [0.05, 0.1) is 11.9 Å². The van der Waals surface area contributed by atoms with Crippen LogP contribution in [0.1, 0.15) is 11.1 Å². The van der Waals surface area contributed by atoms with Gasteiger partial charge in [-0.15, -0.1) is 0 Å². The number of carbonyl (C=O) groups excluding carboxylic acids is 1. The van der Waals surface area contributed by atoms with E-state index in [0.717, 1.165) is 27.4 Å². The minimum absolute atomic E-state index is 0.243. The summed E-state index contributed by atoms with van der Waals surface area (Å²) in [5, 5.41) is 0. The Morgan fingerprint density at radius 2 is 1.50 bits per heavy atom. The van der Waals surface area contributed by atoms with Crippen molar-refractivity contribution >= 4 is 27.3 Å². The van der Waals surface area contributed by atoms with Gasteiger partial charge in [-0.05, 0) is 49.2 Å². The summed E-state index contributed by atoms with van der Waals surface area (Å²) in [5.74, 6) is -0.300. The molecule has 0 saturated carbocycles. The average molecular weight is 346 g/mol. The Labute approximate surface area is 143 Å². The van der Waals surface area contributed by atoms with Crippen LogP contribution in [0.25, 0.3) is 0 Å². The molecule has 0 atom stereocenters. The number of amides is 1. The molecule has 0 unspecified atom stereocenters. The maximum Gasteiger partial charge on any atom is 0.247 e. The topological polar surface area (TPSA) is 57.7 Å². The van der Waals surface area contributed by atoms with E-state index in [0.29, 0.717) is 5.69 Å². The van der Waals surface area contributed by atoms with Gasteiger partial charge in [-0.2, -0.15) is 0 Å². The fourth-order valence-corrected chi connectivity index (χ4v) is 3.35. The maximum atomic E-state index is 12.6. The lowest BCUT2D eigenvalue weighted by Gasteiger charge is -2.25. The van der Waals surface area contributed by atoms with Crippen LogP contribution < -0.4 is 9.21 Å². The number of hydrogen-bond donors (Lipinski definition) is 0. The van der Waals surface area contributed by atoms with Gasteiger partial charge in [0.25, 0.3) is 0 Å². The zero-order chi connectivity index (χ0) is 17.9. The molecule has 0 heterocycles. The Morgan fingerprint density at radius 3 is 2.00 bits per heavy atom. The third-order valence-electron chi connectivity index (χ3n) is 3.69.